The maximum absolute atomic E-state index is 6.36. The molecule has 0 aliphatic rings. The van der Waals surface area contributed by atoms with Crippen LogP contribution in [-0.2, 0) is 6.54 Å². The van der Waals surface area contributed by atoms with E-state index in [1.165, 1.54) is 0 Å². The van der Waals surface area contributed by atoms with Crippen molar-refractivity contribution in [3.8, 4) is 11.4 Å². The number of fused-ring (bicyclic) bond motifs is 1. The number of hydrogen-bond donors (Lipinski definition) is 3. The number of H-pyrrole nitrogens is 1. The molecule has 3 heterocycles. The normalized spacial score (nSPS) is 11.1. The van der Waals surface area contributed by atoms with Crippen LogP contribution in [0.2, 0.25) is 5.02 Å². The first-order valence-corrected chi connectivity index (χ1v) is 9.63. The monoisotopic (exact) mass is 416 g/mol. The quantitative estimate of drug-likeness (QED) is 0.369. The summed E-state index contributed by atoms with van der Waals surface area (Å²) in [5.74, 6) is 0.411. The van der Waals surface area contributed by atoms with Crippen LogP contribution in [0.15, 0.2) is 67.1 Å². The van der Waals surface area contributed by atoms with E-state index < -0.39 is 0 Å². The summed E-state index contributed by atoms with van der Waals surface area (Å²) in [5, 5.41) is 16.3. The molecule has 2 aromatic carbocycles. The van der Waals surface area contributed by atoms with E-state index in [0.717, 1.165) is 27.8 Å². The average molecular weight is 417 g/mol. The zero-order valence-corrected chi connectivity index (χ0v) is 16.5. The molecule has 5 aromatic rings. The van der Waals surface area contributed by atoms with Gasteiger partial charge >= 0.3 is 0 Å². The van der Waals surface area contributed by atoms with Crippen LogP contribution in [0.4, 0.5) is 17.3 Å². The SMILES string of the molecule is Nc1ccc(Cn2cc(Nc3ncc(Cl)c(-c4n[nH]c5ccccc45)n3)cn2)cc1. The molecule has 0 aliphatic carbocycles. The average Bonchev–Trinajstić information content (AvgIpc) is 3.38. The third kappa shape index (κ3) is 3.56. The van der Waals surface area contributed by atoms with E-state index in [0.29, 0.717) is 28.9 Å². The highest BCUT2D eigenvalue weighted by molar-refractivity contribution is 6.33. The van der Waals surface area contributed by atoms with Gasteiger partial charge in [-0.15, -0.1) is 0 Å². The second-order valence-electron chi connectivity index (χ2n) is 6.80. The van der Waals surface area contributed by atoms with Gasteiger partial charge in [0, 0.05) is 17.3 Å². The highest BCUT2D eigenvalue weighted by Crippen LogP contribution is 2.30. The minimum atomic E-state index is 0.411. The van der Waals surface area contributed by atoms with Crippen molar-refractivity contribution in [1.29, 1.82) is 0 Å². The van der Waals surface area contributed by atoms with Crippen LogP contribution in [0.3, 0.4) is 0 Å². The van der Waals surface area contributed by atoms with E-state index in [2.05, 4.69) is 30.6 Å². The Kier molecular flexibility index (Phi) is 4.53. The lowest BCUT2D eigenvalue weighted by Gasteiger charge is -2.06. The van der Waals surface area contributed by atoms with Crippen LogP contribution < -0.4 is 11.1 Å². The molecule has 5 rings (SSSR count). The zero-order chi connectivity index (χ0) is 20.5. The Balaban J connectivity index is 1.39. The second kappa shape index (κ2) is 7.49. The fraction of sp³-hybridized carbons (Fsp3) is 0.0476. The Hall–Kier alpha value is -3.91. The molecule has 0 radical (unpaired) electrons. The molecule has 8 nitrogen and oxygen atoms in total. The molecule has 30 heavy (non-hydrogen) atoms. The van der Waals surface area contributed by atoms with Crippen molar-refractivity contribution in [3.63, 3.8) is 0 Å². The Labute approximate surface area is 176 Å². The molecule has 0 atom stereocenters. The molecule has 0 amide bonds. The predicted molar refractivity (Wildman–Crippen MR) is 118 cm³/mol. The van der Waals surface area contributed by atoms with E-state index in [4.69, 9.17) is 17.3 Å². The summed E-state index contributed by atoms with van der Waals surface area (Å²) in [6.45, 7) is 0.633. The number of nitrogens with one attached hydrogen (secondary N) is 2. The Morgan fingerprint density at radius 2 is 1.87 bits per heavy atom. The molecule has 3 aromatic heterocycles. The summed E-state index contributed by atoms with van der Waals surface area (Å²) in [6, 6.07) is 15.5. The zero-order valence-electron chi connectivity index (χ0n) is 15.7. The summed E-state index contributed by atoms with van der Waals surface area (Å²) >= 11 is 6.36. The largest absolute Gasteiger partial charge is 0.399 e. The van der Waals surface area contributed by atoms with Crippen LogP contribution in [0.5, 0.6) is 0 Å². The van der Waals surface area contributed by atoms with E-state index in [9.17, 15) is 0 Å². The molecule has 0 saturated carbocycles. The summed E-state index contributed by atoms with van der Waals surface area (Å²) in [5.41, 5.74) is 10.5. The number of nitrogens with zero attached hydrogens (tertiary/aromatic N) is 5. The van der Waals surface area contributed by atoms with Crippen LogP contribution in [0.25, 0.3) is 22.3 Å². The summed E-state index contributed by atoms with van der Waals surface area (Å²) in [7, 11) is 0. The number of nitrogens with two attached hydrogens (primary N) is 1. The summed E-state index contributed by atoms with van der Waals surface area (Å²) in [4.78, 5) is 8.86. The van der Waals surface area contributed by atoms with Gasteiger partial charge in [0.25, 0.3) is 0 Å². The Bertz CT molecular complexity index is 1320. The van der Waals surface area contributed by atoms with Crippen molar-refractivity contribution >= 4 is 39.8 Å². The third-order valence-corrected chi connectivity index (χ3v) is 4.93. The minimum Gasteiger partial charge on any atom is -0.399 e. The van der Waals surface area contributed by atoms with Gasteiger partial charge in [-0.25, -0.2) is 9.97 Å². The number of benzene rings is 2. The number of aromatic amines is 1. The molecule has 0 bridgehead atoms. The fourth-order valence-corrected chi connectivity index (χ4v) is 3.37. The molecular weight excluding hydrogens is 400 g/mol. The molecule has 4 N–H and O–H groups in total. The third-order valence-electron chi connectivity index (χ3n) is 4.65. The standard InChI is InChI=1S/C21H17ClN8/c22-17-10-24-21(27-20(17)19-16-3-1-2-4-18(16)28-29-19)26-15-9-25-30(12-15)11-13-5-7-14(23)8-6-13/h1-10,12H,11,23H2,(H,28,29)(H,24,26,27). The lowest BCUT2D eigenvalue weighted by Crippen LogP contribution is -2.00. The lowest BCUT2D eigenvalue weighted by atomic mass is 10.1. The van der Waals surface area contributed by atoms with Gasteiger partial charge in [0.2, 0.25) is 5.95 Å². The van der Waals surface area contributed by atoms with Gasteiger partial charge < -0.3 is 11.1 Å². The van der Waals surface area contributed by atoms with Crippen molar-refractivity contribution < 1.29 is 0 Å². The van der Waals surface area contributed by atoms with Gasteiger partial charge in [0.15, 0.2) is 0 Å². The smallest absolute Gasteiger partial charge is 0.227 e. The lowest BCUT2D eigenvalue weighted by molar-refractivity contribution is 0.687. The van der Waals surface area contributed by atoms with Crippen LogP contribution in [-0.4, -0.2) is 29.9 Å². The Morgan fingerprint density at radius 3 is 2.73 bits per heavy atom. The second-order valence-corrected chi connectivity index (χ2v) is 7.21. The van der Waals surface area contributed by atoms with Gasteiger partial charge in [-0.3, -0.25) is 9.78 Å². The maximum Gasteiger partial charge on any atom is 0.227 e. The topological polar surface area (TPSA) is 110 Å². The van der Waals surface area contributed by atoms with Gasteiger partial charge in [-0.05, 0) is 23.8 Å². The van der Waals surface area contributed by atoms with Crippen LogP contribution in [0.1, 0.15) is 5.56 Å². The minimum absolute atomic E-state index is 0.411. The highest BCUT2D eigenvalue weighted by Gasteiger charge is 2.15. The molecule has 0 fully saturated rings. The maximum atomic E-state index is 6.36. The summed E-state index contributed by atoms with van der Waals surface area (Å²) in [6.07, 6.45) is 5.17. The van der Waals surface area contributed by atoms with Gasteiger partial charge in [-0.1, -0.05) is 41.9 Å². The van der Waals surface area contributed by atoms with Crippen molar-refractivity contribution in [2.75, 3.05) is 11.1 Å². The highest BCUT2D eigenvalue weighted by atomic mass is 35.5. The molecule has 0 saturated heterocycles. The molecule has 0 unspecified atom stereocenters. The molecular formula is C21H17ClN8. The van der Waals surface area contributed by atoms with Crippen molar-refractivity contribution in [1.82, 2.24) is 29.9 Å². The van der Waals surface area contributed by atoms with Crippen molar-refractivity contribution in [3.05, 3.63) is 77.7 Å². The first-order chi connectivity index (χ1) is 14.7. The van der Waals surface area contributed by atoms with Gasteiger partial charge in [0.1, 0.15) is 11.4 Å². The van der Waals surface area contributed by atoms with Crippen LogP contribution >= 0.6 is 11.6 Å². The van der Waals surface area contributed by atoms with E-state index in [1.54, 1.807) is 12.4 Å². The van der Waals surface area contributed by atoms with E-state index >= 15 is 0 Å². The van der Waals surface area contributed by atoms with Gasteiger partial charge in [0.05, 0.1) is 35.2 Å². The Morgan fingerprint density at radius 1 is 1.03 bits per heavy atom. The number of halogens is 1. The molecule has 9 heteroatoms. The van der Waals surface area contributed by atoms with E-state index in [-0.39, 0.29) is 0 Å². The van der Waals surface area contributed by atoms with Crippen molar-refractivity contribution in [2.24, 2.45) is 0 Å². The fourth-order valence-electron chi connectivity index (χ4n) is 3.19. The number of aromatic nitrogens is 6. The first kappa shape index (κ1) is 18.1. The van der Waals surface area contributed by atoms with Crippen LogP contribution in [0, 0.1) is 0 Å². The number of rotatable bonds is 5. The molecule has 0 aliphatic heterocycles. The molecule has 148 valence electrons. The first-order valence-electron chi connectivity index (χ1n) is 9.25. The summed E-state index contributed by atoms with van der Waals surface area (Å²) < 4.78 is 1.83. The number of para-hydroxylation sites is 1. The van der Waals surface area contributed by atoms with Crippen molar-refractivity contribution in [2.45, 2.75) is 6.54 Å². The predicted octanol–water partition coefficient (Wildman–Crippen LogP) is 4.24. The molecule has 0 spiro atoms. The number of nitrogen functional groups attached to an aromatic ring is 1. The number of anilines is 3. The number of hydrogen-bond acceptors (Lipinski definition) is 6. The van der Waals surface area contributed by atoms with E-state index in [1.807, 2.05) is 59.4 Å². The van der Waals surface area contributed by atoms with Gasteiger partial charge in [-0.2, -0.15) is 10.2 Å².